The second-order valence-corrected chi connectivity index (χ2v) is 6.46. The van der Waals surface area contributed by atoms with E-state index in [1.165, 1.54) is 6.21 Å². The number of methoxy groups -OCH3 is 1. The Kier molecular flexibility index (Phi) is 6.57. The molecule has 3 rings (SSSR count). The minimum absolute atomic E-state index is 0.00586. The van der Waals surface area contributed by atoms with Crippen LogP contribution >= 0.6 is 0 Å². The number of nitrogens with zero attached hydrogens (tertiary/aromatic N) is 2. The monoisotopic (exact) mass is 394 g/mol. The van der Waals surface area contributed by atoms with Crippen LogP contribution in [-0.4, -0.2) is 30.9 Å². The molecule has 2 amide bonds. The number of amides is 2. The fourth-order valence-corrected chi connectivity index (χ4v) is 2.76. The lowest BCUT2D eigenvalue weighted by Crippen LogP contribution is -2.29. The van der Waals surface area contributed by atoms with Crippen LogP contribution in [0.2, 0.25) is 0 Å². The molecule has 8 heteroatoms. The highest BCUT2D eigenvalue weighted by atomic mass is 16.5. The summed E-state index contributed by atoms with van der Waals surface area (Å²) in [4.78, 5) is 23.6. The van der Waals surface area contributed by atoms with Crippen molar-refractivity contribution in [2.75, 3.05) is 7.11 Å². The topological polar surface area (TPSA) is 101 Å². The van der Waals surface area contributed by atoms with E-state index in [9.17, 15) is 9.59 Å². The molecule has 1 atom stereocenters. The third-order valence-electron chi connectivity index (χ3n) is 4.38. The Bertz CT molecular complexity index is 941. The minimum Gasteiger partial charge on any atom is -0.493 e. The second kappa shape index (κ2) is 9.50. The maximum Gasteiger partial charge on any atom is 0.249 e. The molecule has 0 bridgehead atoms. The number of ether oxygens (including phenoxy) is 2. The van der Waals surface area contributed by atoms with Gasteiger partial charge in [-0.3, -0.25) is 9.59 Å². The maximum absolute atomic E-state index is 12.0. The lowest BCUT2D eigenvalue weighted by molar-refractivity contribution is -0.127. The summed E-state index contributed by atoms with van der Waals surface area (Å²) in [5.74, 6) is -0.0263. The number of hydrazone groups is 2. The van der Waals surface area contributed by atoms with Crippen LogP contribution in [0.15, 0.2) is 58.7 Å². The Morgan fingerprint density at radius 3 is 2.72 bits per heavy atom. The number of hydrogen-bond acceptors (Lipinski definition) is 6. The van der Waals surface area contributed by atoms with Gasteiger partial charge >= 0.3 is 0 Å². The Morgan fingerprint density at radius 1 is 1.24 bits per heavy atom. The zero-order valence-electron chi connectivity index (χ0n) is 16.2. The van der Waals surface area contributed by atoms with Crippen molar-refractivity contribution >= 4 is 23.7 Å². The molecule has 0 unspecified atom stereocenters. The van der Waals surface area contributed by atoms with E-state index in [0.29, 0.717) is 23.8 Å². The molecule has 0 aromatic heterocycles. The normalized spacial score (nSPS) is 15.7. The van der Waals surface area contributed by atoms with Gasteiger partial charge in [0, 0.05) is 12.1 Å². The molecule has 0 spiro atoms. The summed E-state index contributed by atoms with van der Waals surface area (Å²) in [5.41, 5.74) is 7.14. The second-order valence-electron chi connectivity index (χ2n) is 6.46. The molecule has 1 aliphatic rings. The number of carbonyl (C=O) groups excluding carboxylic acids is 2. The Balaban J connectivity index is 1.56. The molecule has 2 aromatic rings. The summed E-state index contributed by atoms with van der Waals surface area (Å²) in [6.07, 6.45) is 1.49. The Labute approximate surface area is 168 Å². The van der Waals surface area contributed by atoms with E-state index in [-0.39, 0.29) is 18.2 Å². The van der Waals surface area contributed by atoms with Crippen LogP contribution in [0.5, 0.6) is 11.5 Å². The van der Waals surface area contributed by atoms with Crippen molar-refractivity contribution in [3.05, 3.63) is 59.7 Å². The van der Waals surface area contributed by atoms with E-state index in [2.05, 4.69) is 21.1 Å². The summed E-state index contributed by atoms with van der Waals surface area (Å²) in [7, 11) is 1.56. The molecule has 150 valence electrons. The van der Waals surface area contributed by atoms with Crippen LogP contribution in [0, 0.1) is 5.92 Å². The average Bonchev–Trinajstić information content (AvgIpc) is 3.05. The van der Waals surface area contributed by atoms with E-state index in [1.807, 2.05) is 30.3 Å². The van der Waals surface area contributed by atoms with Crippen molar-refractivity contribution in [1.29, 1.82) is 0 Å². The number of rotatable bonds is 8. The van der Waals surface area contributed by atoms with Gasteiger partial charge in [-0.2, -0.15) is 10.2 Å². The molecule has 0 aliphatic carbocycles. The third-order valence-corrected chi connectivity index (χ3v) is 4.38. The SMILES string of the molecule is COc1cc(/C=N\NC(=O)C[C@H]2C(=O)NN=C2C)ccc1OCc1ccccc1. The maximum atomic E-state index is 12.0. The van der Waals surface area contributed by atoms with Crippen molar-refractivity contribution in [2.45, 2.75) is 20.0 Å². The summed E-state index contributed by atoms with van der Waals surface area (Å²) in [6.45, 7) is 2.13. The van der Waals surface area contributed by atoms with Gasteiger partial charge in [0.15, 0.2) is 11.5 Å². The first kappa shape index (κ1) is 20.1. The van der Waals surface area contributed by atoms with Crippen molar-refractivity contribution in [2.24, 2.45) is 16.1 Å². The van der Waals surface area contributed by atoms with Crippen molar-refractivity contribution in [1.82, 2.24) is 10.9 Å². The van der Waals surface area contributed by atoms with Gasteiger partial charge in [-0.1, -0.05) is 30.3 Å². The summed E-state index contributed by atoms with van der Waals surface area (Å²) in [5, 5.41) is 7.75. The number of carbonyl (C=O) groups is 2. The fourth-order valence-electron chi connectivity index (χ4n) is 2.76. The zero-order chi connectivity index (χ0) is 20.6. The van der Waals surface area contributed by atoms with E-state index < -0.39 is 5.92 Å². The summed E-state index contributed by atoms with van der Waals surface area (Å²) < 4.78 is 11.2. The molecular weight excluding hydrogens is 372 g/mol. The quantitative estimate of drug-likeness (QED) is 0.530. The summed E-state index contributed by atoms with van der Waals surface area (Å²) >= 11 is 0. The summed E-state index contributed by atoms with van der Waals surface area (Å²) in [6, 6.07) is 15.2. The van der Waals surface area contributed by atoms with E-state index in [4.69, 9.17) is 9.47 Å². The first-order chi connectivity index (χ1) is 14.1. The molecule has 0 saturated heterocycles. The van der Waals surface area contributed by atoms with Gasteiger partial charge in [0.05, 0.1) is 19.2 Å². The highest BCUT2D eigenvalue weighted by molar-refractivity contribution is 6.09. The van der Waals surface area contributed by atoms with Crippen LogP contribution < -0.4 is 20.3 Å². The van der Waals surface area contributed by atoms with Crippen LogP contribution in [0.25, 0.3) is 0 Å². The minimum atomic E-state index is -0.550. The van der Waals surface area contributed by atoms with E-state index >= 15 is 0 Å². The number of nitrogens with one attached hydrogen (secondary N) is 2. The van der Waals surface area contributed by atoms with Crippen molar-refractivity contribution in [3.8, 4) is 11.5 Å². The average molecular weight is 394 g/mol. The standard InChI is InChI=1S/C21H22N4O4/c1-14-17(21(27)25-23-14)11-20(26)24-22-12-16-8-9-18(19(10-16)28-2)29-13-15-6-4-3-5-7-15/h3-10,12,17H,11,13H2,1-2H3,(H,24,26)(H,25,27)/b22-12-/t17-/m1/s1. The first-order valence-corrected chi connectivity index (χ1v) is 9.07. The van der Waals surface area contributed by atoms with Crippen LogP contribution in [-0.2, 0) is 16.2 Å². The van der Waals surface area contributed by atoms with Crippen LogP contribution in [0.1, 0.15) is 24.5 Å². The Morgan fingerprint density at radius 2 is 2.03 bits per heavy atom. The number of hydrogen-bond donors (Lipinski definition) is 2. The smallest absolute Gasteiger partial charge is 0.249 e. The molecular formula is C21H22N4O4. The molecule has 0 saturated carbocycles. The van der Waals surface area contributed by atoms with Crippen molar-refractivity contribution < 1.29 is 19.1 Å². The zero-order valence-corrected chi connectivity index (χ0v) is 16.2. The molecule has 1 aliphatic heterocycles. The Hall–Kier alpha value is -3.68. The van der Waals surface area contributed by atoms with Gasteiger partial charge in [-0.15, -0.1) is 0 Å². The van der Waals surface area contributed by atoms with Gasteiger partial charge in [0.2, 0.25) is 11.8 Å². The fraction of sp³-hybridized carbons (Fsp3) is 0.238. The van der Waals surface area contributed by atoms with E-state index in [1.54, 1.807) is 32.2 Å². The van der Waals surface area contributed by atoms with Gasteiger partial charge in [-0.25, -0.2) is 10.9 Å². The predicted octanol–water partition coefficient (Wildman–Crippen LogP) is 2.24. The lowest BCUT2D eigenvalue weighted by atomic mass is 10.0. The third kappa shape index (κ3) is 5.41. The largest absolute Gasteiger partial charge is 0.493 e. The van der Waals surface area contributed by atoms with E-state index in [0.717, 1.165) is 11.1 Å². The van der Waals surface area contributed by atoms with Gasteiger partial charge < -0.3 is 9.47 Å². The number of benzene rings is 2. The highest BCUT2D eigenvalue weighted by Gasteiger charge is 2.28. The lowest BCUT2D eigenvalue weighted by Gasteiger charge is -2.11. The van der Waals surface area contributed by atoms with Gasteiger partial charge in [-0.05, 0) is 36.2 Å². The molecule has 1 heterocycles. The van der Waals surface area contributed by atoms with Gasteiger partial charge in [0.25, 0.3) is 0 Å². The highest BCUT2D eigenvalue weighted by Crippen LogP contribution is 2.28. The van der Waals surface area contributed by atoms with Crippen molar-refractivity contribution in [3.63, 3.8) is 0 Å². The molecule has 0 fully saturated rings. The molecule has 0 radical (unpaired) electrons. The molecule has 8 nitrogen and oxygen atoms in total. The molecule has 2 aromatic carbocycles. The van der Waals surface area contributed by atoms with Gasteiger partial charge in [0.1, 0.15) is 6.61 Å². The molecule has 29 heavy (non-hydrogen) atoms. The molecule has 2 N–H and O–H groups in total. The van der Waals surface area contributed by atoms with Crippen LogP contribution in [0.3, 0.4) is 0 Å². The predicted molar refractivity (Wildman–Crippen MR) is 109 cm³/mol. The first-order valence-electron chi connectivity index (χ1n) is 9.07. The van der Waals surface area contributed by atoms with Crippen LogP contribution in [0.4, 0.5) is 0 Å².